The van der Waals surface area contributed by atoms with Crippen molar-refractivity contribution in [2.24, 2.45) is 0 Å². The molecule has 0 N–H and O–H groups in total. The maximum absolute atomic E-state index is 9.93. The third kappa shape index (κ3) is 5.21. The molecule has 0 aliphatic rings. The van der Waals surface area contributed by atoms with Gasteiger partial charge in [0.15, 0.2) is 11.6 Å². The Balaban J connectivity index is 1.43. The van der Waals surface area contributed by atoms with E-state index in [1.165, 1.54) is 0 Å². The Morgan fingerprint density at radius 2 is 0.857 bits per heavy atom. The zero-order valence-electron chi connectivity index (χ0n) is 60.7. The molecule has 0 radical (unpaired) electrons. The monoisotopic (exact) mass is 748 g/mol. The predicted octanol–water partition coefficient (Wildman–Crippen LogP) is 12.7. The Morgan fingerprint density at radius 1 is 0.339 bits per heavy atom. The van der Waals surface area contributed by atoms with Crippen molar-refractivity contribution >= 4 is 43.6 Å². The van der Waals surface area contributed by atoms with Gasteiger partial charge in [-0.2, -0.15) is 9.97 Å². The lowest BCUT2D eigenvalue weighted by Gasteiger charge is -2.12. The third-order valence-electron chi connectivity index (χ3n) is 8.48. The van der Waals surface area contributed by atoms with E-state index in [-0.39, 0.29) is 0 Å². The average Bonchev–Trinajstić information content (AvgIpc) is 1.53. The number of para-hydroxylation sites is 2. The number of hydrogen-bond donors (Lipinski definition) is 0. The van der Waals surface area contributed by atoms with Gasteiger partial charge in [0.05, 0.1) is 67.3 Å². The van der Waals surface area contributed by atoms with Crippen LogP contribution in [-0.4, -0.2) is 24.1 Å². The van der Waals surface area contributed by atoms with Crippen LogP contribution in [0.15, 0.2) is 199 Å². The van der Waals surface area contributed by atoms with E-state index >= 15 is 0 Å². The quantitative estimate of drug-likeness (QED) is 0.170. The van der Waals surface area contributed by atoms with Crippen LogP contribution in [0.1, 0.15) is 45.2 Å². The standard InChI is InChI=1S/C51H33N5/c1-4-16-34(17-5-1)37-22-14-24-39(32-37)50-52-49(36-20-8-3-9-21-36)53-51(54-50)56-45-29-13-11-27-43(45)47-46(56)31-30-42-41-26-10-12-28-44(41)55(48(42)47)40-25-15-23-38(33-40)35-18-6-2-7-19-35/h1-33H/i1D,2D,3D,4D,5D,6D,7D,8D,9D,10D,11D,12D,13D,14D,15D,16D,17D,18D,19D,20D,21D,22D,23D,24D,25D,26D,27D,28D,29D,30D,31D,32D,33D. The minimum Gasteiger partial charge on any atom is -0.309 e. The molecule has 3 aromatic heterocycles. The molecule has 0 amide bonds. The first-order chi connectivity index (χ1) is 41.5. The van der Waals surface area contributed by atoms with Crippen LogP contribution in [0.2, 0.25) is 0 Å². The Hall–Kier alpha value is -7.63. The molecular weight excluding hydrogens is 683 g/mol. The number of rotatable bonds is 6. The molecule has 0 fully saturated rings. The Bertz CT molecular complexity index is 5100. The molecule has 262 valence electrons. The van der Waals surface area contributed by atoms with Gasteiger partial charge in [0.25, 0.3) is 0 Å². The zero-order chi connectivity index (χ0) is 65.7. The molecule has 56 heavy (non-hydrogen) atoms. The Morgan fingerprint density at radius 3 is 1.55 bits per heavy atom. The fraction of sp³-hybridized carbons (Fsp3) is 0. The summed E-state index contributed by atoms with van der Waals surface area (Å²) >= 11 is 0. The fourth-order valence-corrected chi connectivity index (χ4v) is 6.20. The molecule has 0 unspecified atom stereocenters. The topological polar surface area (TPSA) is 48.5 Å². The number of benzene rings is 8. The normalized spacial score (nSPS) is 19.8. The number of nitrogens with zero attached hydrogens (tertiary/aromatic N) is 5. The number of hydrogen-bond acceptors (Lipinski definition) is 3. The van der Waals surface area contributed by atoms with E-state index in [1.54, 1.807) is 0 Å². The summed E-state index contributed by atoms with van der Waals surface area (Å²) < 4.78 is 298. The van der Waals surface area contributed by atoms with Crippen molar-refractivity contribution in [2.45, 2.75) is 0 Å². The summed E-state index contributed by atoms with van der Waals surface area (Å²) in [6.07, 6.45) is 0. The van der Waals surface area contributed by atoms with Crippen LogP contribution in [-0.2, 0) is 0 Å². The van der Waals surface area contributed by atoms with Gasteiger partial charge >= 0.3 is 0 Å². The first-order valence-electron chi connectivity index (χ1n) is 32.7. The highest BCUT2D eigenvalue weighted by atomic mass is 15.2. The highest BCUT2D eigenvalue weighted by molar-refractivity contribution is 6.26. The van der Waals surface area contributed by atoms with Crippen LogP contribution in [0.3, 0.4) is 0 Å². The van der Waals surface area contributed by atoms with Gasteiger partial charge in [-0.3, -0.25) is 4.57 Å². The summed E-state index contributed by atoms with van der Waals surface area (Å²) in [6, 6.07) is -33.2. The molecule has 8 aromatic carbocycles. The minimum atomic E-state index is -1.11. The van der Waals surface area contributed by atoms with Crippen LogP contribution >= 0.6 is 0 Å². The molecule has 0 saturated heterocycles. The zero-order valence-corrected chi connectivity index (χ0v) is 27.7. The molecule has 0 aliphatic heterocycles. The first kappa shape index (κ1) is 13.0. The van der Waals surface area contributed by atoms with Gasteiger partial charge in [-0.25, -0.2) is 4.98 Å². The van der Waals surface area contributed by atoms with Crippen molar-refractivity contribution in [3.8, 4) is 56.7 Å². The van der Waals surface area contributed by atoms with Crippen LogP contribution in [0, 0.1) is 0 Å². The molecule has 11 rings (SSSR count). The molecule has 3 heterocycles. The van der Waals surface area contributed by atoms with Gasteiger partial charge < -0.3 is 4.57 Å². The molecule has 5 heteroatoms. The van der Waals surface area contributed by atoms with E-state index in [2.05, 4.69) is 15.0 Å². The lowest BCUT2D eigenvalue weighted by atomic mass is 10.0. The summed E-state index contributed by atoms with van der Waals surface area (Å²) in [6.45, 7) is 0. The third-order valence-corrected chi connectivity index (χ3v) is 8.48. The van der Waals surface area contributed by atoms with Crippen molar-refractivity contribution in [2.75, 3.05) is 0 Å². The van der Waals surface area contributed by atoms with Gasteiger partial charge in [0.2, 0.25) is 5.95 Å². The van der Waals surface area contributed by atoms with Gasteiger partial charge in [0.1, 0.15) is 0 Å². The van der Waals surface area contributed by atoms with E-state index in [9.17, 15) is 13.7 Å². The number of fused-ring (bicyclic) bond motifs is 7. The van der Waals surface area contributed by atoms with Gasteiger partial charge in [-0.15, -0.1) is 0 Å². The SMILES string of the molecule is [2H]c1c([2H])c([2H])c(-c2nc(-c3c([2H])c([2H])c([2H])c(-c4c([2H])c([2H])c([2H])c([2H])c4[2H])c3[2H])nc(-n3c4c([2H])c([2H])c([2H])c([2H])c4c4c3c([2H])c([2H])c3c5c([2H])c([2H])c([2H])c([2H])c5n(-c5c([2H])c([2H])c([2H])c(-c6c([2H])c([2H])c([2H])c([2H])c6[2H])c5[2H])c34)n2)c([2H])c1[2H]. The van der Waals surface area contributed by atoms with Crippen molar-refractivity contribution in [3.05, 3.63) is 199 Å². The van der Waals surface area contributed by atoms with Gasteiger partial charge in [0, 0.05) is 38.4 Å². The number of aromatic nitrogens is 5. The summed E-state index contributed by atoms with van der Waals surface area (Å²) in [5.41, 5.74) is -9.19. The molecule has 5 nitrogen and oxygen atoms in total. The lowest BCUT2D eigenvalue weighted by Crippen LogP contribution is -2.06. The predicted molar refractivity (Wildman–Crippen MR) is 230 cm³/mol. The molecule has 0 bridgehead atoms. The van der Waals surface area contributed by atoms with Crippen molar-refractivity contribution in [1.82, 2.24) is 24.1 Å². The second-order valence-electron chi connectivity index (χ2n) is 11.6. The second-order valence-corrected chi connectivity index (χ2v) is 11.6. The summed E-state index contributed by atoms with van der Waals surface area (Å²) in [5, 5.41) is -2.69. The van der Waals surface area contributed by atoms with Gasteiger partial charge in [-0.1, -0.05) is 163 Å². The van der Waals surface area contributed by atoms with Gasteiger partial charge in [-0.05, 0) is 58.5 Å². The molecular formula is C51H33N5. The van der Waals surface area contributed by atoms with Crippen molar-refractivity contribution in [3.63, 3.8) is 0 Å². The fourth-order valence-electron chi connectivity index (χ4n) is 6.20. The summed E-state index contributed by atoms with van der Waals surface area (Å²) in [4.78, 5) is 13.3. The van der Waals surface area contributed by atoms with E-state index in [0.717, 1.165) is 0 Å². The maximum Gasteiger partial charge on any atom is 0.238 e. The second kappa shape index (κ2) is 13.0. The van der Waals surface area contributed by atoms with E-state index in [0.29, 0.717) is 9.13 Å². The summed E-state index contributed by atoms with van der Waals surface area (Å²) in [7, 11) is 0. The molecule has 0 atom stereocenters. The maximum atomic E-state index is 9.93. The van der Waals surface area contributed by atoms with Crippen molar-refractivity contribution < 1.29 is 45.2 Å². The Labute approximate surface area is 369 Å². The van der Waals surface area contributed by atoms with E-state index in [4.69, 9.17) is 31.5 Å². The summed E-state index contributed by atoms with van der Waals surface area (Å²) in [5.74, 6) is -3.03. The van der Waals surface area contributed by atoms with E-state index < -0.39 is 300 Å². The molecule has 11 aromatic rings. The molecule has 0 aliphatic carbocycles. The molecule has 0 saturated carbocycles. The highest BCUT2D eigenvalue weighted by Crippen LogP contribution is 2.42. The first-order valence-corrected chi connectivity index (χ1v) is 16.2. The van der Waals surface area contributed by atoms with Crippen LogP contribution in [0.4, 0.5) is 0 Å². The largest absolute Gasteiger partial charge is 0.309 e. The Kier molecular flexibility index (Phi) is 3.03. The lowest BCUT2D eigenvalue weighted by molar-refractivity contribution is 0.953. The van der Waals surface area contributed by atoms with Crippen LogP contribution in [0.5, 0.6) is 0 Å². The van der Waals surface area contributed by atoms with E-state index in [1.807, 2.05) is 0 Å². The molecule has 0 spiro atoms. The van der Waals surface area contributed by atoms with Crippen LogP contribution < -0.4 is 0 Å². The minimum absolute atomic E-state index is 0.645. The average molecular weight is 749 g/mol. The van der Waals surface area contributed by atoms with Crippen molar-refractivity contribution in [1.29, 1.82) is 0 Å². The van der Waals surface area contributed by atoms with Crippen LogP contribution in [0.25, 0.3) is 100 Å². The smallest absolute Gasteiger partial charge is 0.238 e. The highest BCUT2D eigenvalue weighted by Gasteiger charge is 2.23.